The van der Waals surface area contributed by atoms with E-state index in [2.05, 4.69) is 15.2 Å². The van der Waals surface area contributed by atoms with Crippen molar-refractivity contribution in [2.24, 2.45) is 10.4 Å². The number of hydrogen-bond acceptors (Lipinski definition) is 2. The molecule has 138 valence electrons. The van der Waals surface area contributed by atoms with Gasteiger partial charge in [-0.1, -0.05) is 12.8 Å². The van der Waals surface area contributed by atoms with Crippen LogP contribution < -0.4 is 5.32 Å². The fourth-order valence-electron chi connectivity index (χ4n) is 4.57. The van der Waals surface area contributed by atoms with Gasteiger partial charge >= 0.3 is 6.18 Å². The maximum absolute atomic E-state index is 12.5. The minimum atomic E-state index is -4.11. The lowest BCUT2D eigenvalue weighted by atomic mass is 9.86. The van der Waals surface area contributed by atoms with E-state index in [1.807, 2.05) is 6.92 Å². The molecule has 0 amide bonds. The van der Waals surface area contributed by atoms with Crippen LogP contribution in [-0.2, 0) is 0 Å². The molecule has 2 saturated heterocycles. The number of guanidine groups is 1. The monoisotopic (exact) mass is 346 g/mol. The van der Waals surface area contributed by atoms with Gasteiger partial charge in [0, 0.05) is 38.8 Å². The van der Waals surface area contributed by atoms with Crippen LogP contribution in [0.5, 0.6) is 0 Å². The molecule has 1 saturated carbocycles. The molecule has 3 aliphatic rings. The first-order chi connectivity index (χ1) is 11.4. The normalized spacial score (nSPS) is 28.2. The Bertz CT molecular complexity index is 457. The summed E-state index contributed by atoms with van der Waals surface area (Å²) in [6.07, 6.45) is 3.14. The lowest BCUT2D eigenvalue weighted by molar-refractivity contribution is -0.143. The quantitative estimate of drug-likeness (QED) is 0.630. The Morgan fingerprint density at radius 2 is 1.96 bits per heavy atom. The fourth-order valence-corrected chi connectivity index (χ4v) is 4.57. The Labute approximate surface area is 142 Å². The topological polar surface area (TPSA) is 30.9 Å². The summed E-state index contributed by atoms with van der Waals surface area (Å²) in [4.78, 5) is 8.44. The lowest BCUT2D eigenvalue weighted by Crippen LogP contribution is -2.47. The Hall–Kier alpha value is -0.980. The summed E-state index contributed by atoms with van der Waals surface area (Å²) in [5.41, 5.74) is 0.466. The van der Waals surface area contributed by atoms with Crippen molar-refractivity contribution in [3.8, 4) is 0 Å². The second kappa shape index (κ2) is 7.10. The van der Waals surface area contributed by atoms with E-state index in [1.54, 1.807) is 0 Å². The van der Waals surface area contributed by atoms with E-state index < -0.39 is 12.7 Å². The third kappa shape index (κ3) is 4.35. The highest BCUT2D eigenvalue weighted by molar-refractivity contribution is 5.80. The summed E-state index contributed by atoms with van der Waals surface area (Å²) >= 11 is 0. The molecule has 3 fully saturated rings. The molecule has 7 heteroatoms. The molecule has 0 aromatic heterocycles. The maximum Gasteiger partial charge on any atom is 0.401 e. The predicted molar refractivity (Wildman–Crippen MR) is 89.1 cm³/mol. The van der Waals surface area contributed by atoms with Crippen molar-refractivity contribution in [3.63, 3.8) is 0 Å². The van der Waals surface area contributed by atoms with Gasteiger partial charge in [0.05, 0.1) is 6.54 Å². The van der Waals surface area contributed by atoms with E-state index in [9.17, 15) is 13.2 Å². The van der Waals surface area contributed by atoms with E-state index in [1.165, 1.54) is 37.0 Å². The number of hydrogen-bond donors (Lipinski definition) is 1. The number of rotatable bonds is 3. The molecule has 1 unspecified atom stereocenters. The Balaban J connectivity index is 1.55. The van der Waals surface area contributed by atoms with Gasteiger partial charge in [0.1, 0.15) is 0 Å². The number of halogens is 3. The van der Waals surface area contributed by atoms with Crippen molar-refractivity contribution >= 4 is 5.96 Å². The van der Waals surface area contributed by atoms with Crippen LogP contribution in [0.2, 0.25) is 0 Å². The zero-order valence-corrected chi connectivity index (χ0v) is 14.5. The molecule has 2 aliphatic heterocycles. The molecule has 0 radical (unpaired) electrons. The van der Waals surface area contributed by atoms with Gasteiger partial charge in [-0.3, -0.25) is 9.89 Å². The van der Waals surface area contributed by atoms with Crippen LogP contribution in [0.4, 0.5) is 13.2 Å². The van der Waals surface area contributed by atoms with E-state index in [4.69, 9.17) is 0 Å². The van der Waals surface area contributed by atoms with Gasteiger partial charge in [0.25, 0.3) is 0 Å². The average Bonchev–Trinajstić information content (AvgIpc) is 3.21. The summed E-state index contributed by atoms with van der Waals surface area (Å²) in [5, 5.41) is 3.45. The molecule has 1 N–H and O–H groups in total. The van der Waals surface area contributed by atoms with Gasteiger partial charge in [0.15, 0.2) is 5.96 Å². The molecule has 3 rings (SSSR count). The second-order valence-electron chi connectivity index (χ2n) is 7.66. The molecule has 1 atom stereocenters. The predicted octanol–water partition coefficient (Wildman–Crippen LogP) is 2.85. The average molecular weight is 346 g/mol. The van der Waals surface area contributed by atoms with Crippen molar-refractivity contribution < 1.29 is 13.2 Å². The van der Waals surface area contributed by atoms with Gasteiger partial charge in [-0.15, -0.1) is 0 Å². The Kier molecular flexibility index (Phi) is 5.27. The van der Waals surface area contributed by atoms with Crippen molar-refractivity contribution in [2.75, 3.05) is 39.3 Å². The van der Waals surface area contributed by atoms with Gasteiger partial charge in [-0.2, -0.15) is 13.2 Å². The Morgan fingerprint density at radius 1 is 1.21 bits per heavy atom. The molecule has 1 aliphatic carbocycles. The molecule has 0 bridgehead atoms. The third-order valence-corrected chi connectivity index (χ3v) is 5.72. The van der Waals surface area contributed by atoms with E-state index >= 15 is 0 Å². The highest BCUT2D eigenvalue weighted by Gasteiger charge is 2.42. The first-order valence-electron chi connectivity index (χ1n) is 9.24. The van der Waals surface area contributed by atoms with E-state index in [-0.39, 0.29) is 6.04 Å². The summed E-state index contributed by atoms with van der Waals surface area (Å²) < 4.78 is 37.6. The third-order valence-electron chi connectivity index (χ3n) is 5.72. The van der Waals surface area contributed by atoms with Crippen molar-refractivity contribution in [3.05, 3.63) is 0 Å². The van der Waals surface area contributed by atoms with Crippen LogP contribution in [0.15, 0.2) is 4.99 Å². The SMILES string of the molecule is CCN=C(NC1CCN(CC(F)(F)F)C1)N1CCC2(CCCC2)C1. The summed E-state index contributed by atoms with van der Waals surface area (Å²) in [6, 6.07) is 0.0674. The lowest BCUT2D eigenvalue weighted by Gasteiger charge is -2.28. The molecular weight excluding hydrogens is 317 g/mol. The van der Waals surface area contributed by atoms with Crippen LogP contribution in [-0.4, -0.2) is 67.2 Å². The van der Waals surface area contributed by atoms with Crippen molar-refractivity contribution in [1.82, 2.24) is 15.1 Å². The van der Waals surface area contributed by atoms with Crippen LogP contribution in [0.1, 0.15) is 45.4 Å². The second-order valence-corrected chi connectivity index (χ2v) is 7.66. The van der Waals surface area contributed by atoms with E-state index in [0.717, 1.165) is 25.5 Å². The highest BCUT2D eigenvalue weighted by atomic mass is 19.4. The zero-order valence-electron chi connectivity index (χ0n) is 14.5. The van der Waals surface area contributed by atoms with E-state index in [0.29, 0.717) is 25.0 Å². The van der Waals surface area contributed by atoms with Gasteiger partial charge in [-0.25, -0.2) is 0 Å². The standard InChI is InChI=1S/C17H29F3N4/c1-2-21-15(24-10-8-16(12-24)6-3-4-7-16)22-14-5-9-23(11-14)13-17(18,19)20/h14H,2-13H2,1H3,(H,21,22). The first kappa shape index (κ1) is 17.8. The molecule has 0 aromatic rings. The first-order valence-corrected chi connectivity index (χ1v) is 9.24. The van der Waals surface area contributed by atoms with Gasteiger partial charge in [-0.05, 0) is 38.0 Å². The molecule has 0 aromatic carbocycles. The number of nitrogens with zero attached hydrogens (tertiary/aromatic N) is 3. The smallest absolute Gasteiger partial charge is 0.352 e. The minimum Gasteiger partial charge on any atom is -0.352 e. The fraction of sp³-hybridized carbons (Fsp3) is 0.941. The summed E-state index contributed by atoms with van der Waals surface area (Å²) in [5.74, 6) is 0.903. The summed E-state index contributed by atoms with van der Waals surface area (Å²) in [6.45, 7) is 4.92. The van der Waals surface area contributed by atoms with Crippen molar-refractivity contribution in [1.29, 1.82) is 0 Å². The number of nitrogens with one attached hydrogen (secondary N) is 1. The van der Waals surface area contributed by atoms with Crippen LogP contribution >= 0.6 is 0 Å². The molecule has 2 heterocycles. The molecule has 4 nitrogen and oxygen atoms in total. The molecule has 24 heavy (non-hydrogen) atoms. The van der Waals surface area contributed by atoms with Crippen molar-refractivity contribution in [2.45, 2.75) is 57.7 Å². The Morgan fingerprint density at radius 3 is 2.62 bits per heavy atom. The molecular formula is C17H29F3N4. The van der Waals surface area contributed by atoms with Crippen LogP contribution in [0, 0.1) is 5.41 Å². The van der Waals surface area contributed by atoms with Gasteiger partial charge in [0.2, 0.25) is 0 Å². The largest absolute Gasteiger partial charge is 0.401 e. The number of aliphatic imine (C=N–C) groups is 1. The zero-order chi connectivity index (χ0) is 17.2. The highest BCUT2D eigenvalue weighted by Crippen LogP contribution is 2.45. The minimum absolute atomic E-state index is 0.0674. The van der Waals surface area contributed by atoms with Crippen LogP contribution in [0.3, 0.4) is 0 Å². The maximum atomic E-state index is 12.5. The summed E-state index contributed by atoms with van der Waals surface area (Å²) in [7, 11) is 0. The number of alkyl halides is 3. The van der Waals surface area contributed by atoms with Gasteiger partial charge < -0.3 is 10.2 Å². The molecule has 1 spiro atoms. The number of likely N-dealkylation sites (tertiary alicyclic amines) is 2. The van der Waals surface area contributed by atoms with Crippen LogP contribution in [0.25, 0.3) is 0 Å².